The molecular formula is C13H16N4OS. The molecule has 0 spiro atoms. The van der Waals surface area contributed by atoms with Gasteiger partial charge in [0.15, 0.2) is 0 Å². The molecule has 0 aliphatic carbocycles. The van der Waals surface area contributed by atoms with Crippen molar-refractivity contribution in [1.29, 1.82) is 0 Å². The van der Waals surface area contributed by atoms with Gasteiger partial charge in [-0.25, -0.2) is 4.98 Å². The van der Waals surface area contributed by atoms with E-state index in [1.54, 1.807) is 23.7 Å². The number of aromatic nitrogens is 3. The third kappa shape index (κ3) is 3.57. The van der Waals surface area contributed by atoms with E-state index < -0.39 is 0 Å². The number of aromatic amines is 1. The number of rotatable bonds is 5. The fourth-order valence-corrected chi connectivity index (χ4v) is 2.30. The van der Waals surface area contributed by atoms with Gasteiger partial charge < -0.3 is 4.90 Å². The van der Waals surface area contributed by atoms with Crippen molar-refractivity contribution >= 4 is 17.7 Å². The molecule has 0 saturated heterocycles. The molecule has 1 amide bonds. The van der Waals surface area contributed by atoms with E-state index in [9.17, 15) is 4.79 Å². The highest BCUT2D eigenvalue weighted by atomic mass is 32.2. The molecular weight excluding hydrogens is 260 g/mol. The van der Waals surface area contributed by atoms with E-state index in [1.807, 2.05) is 30.5 Å². The van der Waals surface area contributed by atoms with Gasteiger partial charge in [-0.05, 0) is 24.0 Å². The first-order valence-corrected chi connectivity index (χ1v) is 7.27. The second-order valence-corrected chi connectivity index (χ2v) is 5.09. The largest absolute Gasteiger partial charge is 0.334 e. The minimum atomic E-state index is -0.0145. The van der Waals surface area contributed by atoms with Crippen LogP contribution >= 0.6 is 11.8 Å². The van der Waals surface area contributed by atoms with Crippen LogP contribution in [0.4, 0.5) is 0 Å². The lowest BCUT2D eigenvalue weighted by Gasteiger charge is -2.16. The van der Waals surface area contributed by atoms with Gasteiger partial charge in [-0.2, -0.15) is 16.9 Å². The predicted molar refractivity (Wildman–Crippen MR) is 75.8 cm³/mol. The van der Waals surface area contributed by atoms with Crippen molar-refractivity contribution < 1.29 is 4.79 Å². The Morgan fingerprint density at radius 2 is 2.32 bits per heavy atom. The molecule has 0 radical (unpaired) electrons. The molecule has 100 valence electrons. The molecule has 2 aromatic rings. The number of H-pyrrole nitrogens is 1. The average molecular weight is 276 g/mol. The van der Waals surface area contributed by atoms with Crippen molar-refractivity contribution in [3.05, 3.63) is 47.5 Å². The molecule has 0 fully saturated rings. The third-order valence-electron chi connectivity index (χ3n) is 2.68. The van der Waals surface area contributed by atoms with Gasteiger partial charge in [-0.3, -0.25) is 9.89 Å². The van der Waals surface area contributed by atoms with E-state index in [0.29, 0.717) is 17.9 Å². The average Bonchev–Trinajstić information content (AvgIpc) is 2.91. The summed E-state index contributed by atoms with van der Waals surface area (Å²) in [7, 11) is 1.76. The number of benzene rings is 1. The van der Waals surface area contributed by atoms with E-state index in [2.05, 4.69) is 15.2 Å². The lowest BCUT2D eigenvalue weighted by molar-refractivity contribution is 0.0781. The zero-order valence-electron chi connectivity index (χ0n) is 11.0. The monoisotopic (exact) mass is 276 g/mol. The highest BCUT2D eigenvalue weighted by molar-refractivity contribution is 7.97. The lowest BCUT2D eigenvalue weighted by Crippen LogP contribution is -2.26. The molecule has 1 aromatic carbocycles. The fraction of sp³-hybridized carbons (Fsp3) is 0.308. The predicted octanol–water partition coefficient (Wildman–Crippen LogP) is 1.94. The number of nitrogens with one attached hydrogen (secondary N) is 1. The Hall–Kier alpha value is -1.82. The van der Waals surface area contributed by atoms with Crippen LogP contribution in [-0.2, 0) is 12.3 Å². The molecule has 1 heterocycles. The van der Waals surface area contributed by atoms with E-state index >= 15 is 0 Å². The van der Waals surface area contributed by atoms with Crippen molar-refractivity contribution in [3.8, 4) is 0 Å². The first-order valence-electron chi connectivity index (χ1n) is 5.88. The van der Waals surface area contributed by atoms with Crippen LogP contribution in [0.2, 0.25) is 0 Å². The molecule has 0 unspecified atom stereocenters. The van der Waals surface area contributed by atoms with E-state index in [1.165, 1.54) is 6.33 Å². The topological polar surface area (TPSA) is 61.9 Å². The molecule has 5 nitrogen and oxygen atoms in total. The Balaban J connectivity index is 2.08. The Morgan fingerprint density at radius 3 is 3.00 bits per heavy atom. The minimum absolute atomic E-state index is 0.0145. The summed E-state index contributed by atoms with van der Waals surface area (Å²) in [5, 5.41) is 6.52. The quantitative estimate of drug-likeness (QED) is 0.906. The van der Waals surface area contributed by atoms with E-state index in [0.717, 1.165) is 11.3 Å². The molecule has 19 heavy (non-hydrogen) atoms. The molecule has 1 aromatic heterocycles. The van der Waals surface area contributed by atoms with Gasteiger partial charge in [0.2, 0.25) is 0 Å². The Labute approximate surface area is 116 Å². The highest BCUT2D eigenvalue weighted by Crippen LogP contribution is 2.13. The van der Waals surface area contributed by atoms with E-state index in [-0.39, 0.29) is 5.91 Å². The highest BCUT2D eigenvalue weighted by Gasteiger charge is 2.13. The van der Waals surface area contributed by atoms with Gasteiger partial charge in [0.05, 0.1) is 6.54 Å². The SMILES string of the molecule is CSCc1cccc(C(=O)N(C)Cc2ncn[nH]2)c1. The summed E-state index contributed by atoms with van der Waals surface area (Å²) in [6.45, 7) is 0.422. The summed E-state index contributed by atoms with van der Waals surface area (Å²) in [5.41, 5.74) is 1.86. The summed E-state index contributed by atoms with van der Waals surface area (Å²) in [4.78, 5) is 17.9. The molecule has 0 aliphatic heterocycles. The van der Waals surface area contributed by atoms with Crippen LogP contribution in [-0.4, -0.2) is 39.3 Å². The number of carbonyl (C=O) groups is 1. The number of amides is 1. The standard InChI is InChI=1S/C13H16N4OS/c1-17(7-12-14-9-15-16-12)13(18)11-5-3-4-10(6-11)8-19-2/h3-6,9H,7-8H2,1-2H3,(H,14,15,16). The van der Waals surface area contributed by atoms with Crippen LogP contribution in [0.1, 0.15) is 21.7 Å². The zero-order valence-corrected chi connectivity index (χ0v) is 11.8. The number of nitrogens with zero attached hydrogens (tertiary/aromatic N) is 3. The summed E-state index contributed by atoms with van der Waals surface area (Å²) in [6.07, 6.45) is 3.48. The molecule has 0 bridgehead atoms. The Kier molecular flexibility index (Phi) is 4.57. The van der Waals surface area contributed by atoms with Gasteiger partial charge in [-0.15, -0.1) is 0 Å². The second-order valence-electron chi connectivity index (χ2n) is 4.23. The third-order valence-corrected chi connectivity index (χ3v) is 3.31. The van der Waals surface area contributed by atoms with Crippen LogP contribution in [0.15, 0.2) is 30.6 Å². The van der Waals surface area contributed by atoms with Crippen molar-refractivity contribution in [2.45, 2.75) is 12.3 Å². The second kappa shape index (κ2) is 6.38. The maximum atomic E-state index is 12.3. The van der Waals surface area contributed by atoms with Crippen molar-refractivity contribution in [2.24, 2.45) is 0 Å². The van der Waals surface area contributed by atoms with Gasteiger partial charge in [0, 0.05) is 18.4 Å². The smallest absolute Gasteiger partial charge is 0.254 e. The van der Waals surface area contributed by atoms with Crippen LogP contribution in [0.5, 0.6) is 0 Å². The van der Waals surface area contributed by atoms with E-state index in [4.69, 9.17) is 0 Å². The van der Waals surface area contributed by atoms with Crippen LogP contribution in [0.3, 0.4) is 0 Å². The van der Waals surface area contributed by atoms with Gasteiger partial charge in [0.25, 0.3) is 5.91 Å². The van der Waals surface area contributed by atoms with Gasteiger partial charge in [0.1, 0.15) is 12.2 Å². The first-order chi connectivity index (χ1) is 9.20. The molecule has 6 heteroatoms. The first kappa shape index (κ1) is 13.6. The summed E-state index contributed by atoms with van der Waals surface area (Å²) >= 11 is 1.74. The van der Waals surface area contributed by atoms with Crippen LogP contribution in [0, 0.1) is 0 Å². The number of carbonyl (C=O) groups excluding carboxylic acids is 1. The van der Waals surface area contributed by atoms with Crippen molar-refractivity contribution in [1.82, 2.24) is 20.1 Å². The summed E-state index contributed by atoms with van der Waals surface area (Å²) in [6, 6.07) is 7.73. The van der Waals surface area contributed by atoms with Crippen LogP contribution < -0.4 is 0 Å². The van der Waals surface area contributed by atoms with Crippen molar-refractivity contribution in [2.75, 3.05) is 13.3 Å². The summed E-state index contributed by atoms with van der Waals surface area (Å²) < 4.78 is 0. The zero-order chi connectivity index (χ0) is 13.7. The number of hydrogen-bond donors (Lipinski definition) is 1. The number of thioether (sulfide) groups is 1. The minimum Gasteiger partial charge on any atom is -0.334 e. The Morgan fingerprint density at radius 1 is 1.47 bits per heavy atom. The fourth-order valence-electron chi connectivity index (χ4n) is 1.78. The maximum absolute atomic E-state index is 12.3. The van der Waals surface area contributed by atoms with Gasteiger partial charge in [-0.1, -0.05) is 12.1 Å². The van der Waals surface area contributed by atoms with Gasteiger partial charge >= 0.3 is 0 Å². The molecule has 0 saturated carbocycles. The normalized spacial score (nSPS) is 10.4. The maximum Gasteiger partial charge on any atom is 0.254 e. The Bertz CT molecular complexity index is 541. The van der Waals surface area contributed by atoms with Crippen LogP contribution in [0.25, 0.3) is 0 Å². The molecule has 1 N–H and O–H groups in total. The molecule has 0 aliphatic rings. The molecule has 0 atom stereocenters. The molecule has 2 rings (SSSR count). The number of hydrogen-bond acceptors (Lipinski definition) is 4. The summed E-state index contributed by atoms with van der Waals surface area (Å²) in [5.74, 6) is 1.57. The van der Waals surface area contributed by atoms with Crippen molar-refractivity contribution in [3.63, 3.8) is 0 Å². The lowest BCUT2D eigenvalue weighted by atomic mass is 10.1.